The van der Waals surface area contributed by atoms with Crippen LogP contribution in [0.25, 0.3) is 0 Å². The van der Waals surface area contributed by atoms with Crippen LogP contribution in [0.15, 0.2) is 65.6 Å². The number of aliphatic hydroxyl groups is 1. The van der Waals surface area contributed by atoms with Crippen LogP contribution in [0.3, 0.4) is 0 Å². The molecule has 13 atom stereocenters. The van der Waals surface area contributed by atoms with Gasteiger partial charge >= 0.3 is 0 Å². The first-order valence-electron chi connectivity index (χ1n) is 21.1. The Morgan fingerprint density at radius 3 is 2.00 bits per heavy atom. The van der Waals surface area contributed by atoms with Gasteiger partial charge in [-0.15, -0.1) is 0 Å². The van der Waals surface area contributed by atoms with Crippen molar-refractivity contribution >= 4 is 19.1 Å². The summed E-state index contributed by atoms with van der Waals surface area (Å²) in [6.07, 6.45) is -1.82. The average Bonchev–Trinajstić information content (AvgIpc) is 3.50. The van der Waals surface area contributed by atoms with Crippen LogP contribution in [0.4, 0.5) is 0 Å². The van der Waals surface area contributed by atoms with E-state index in [4.69, 9.17) is 32.8 Å². The number of fused-ring (bicyclic) bond motifs is 1. The minimum absolute atomic E-state index is 0.0222. The molecule has 322 valence electrons. The van der Waals surface area contributed by atoms with Crippen molar-refractivity contribution in [3.8, 4) is 0 Å². The Labute approximate surface area is 347 Å². The molecule has 5 rings (SSSR count). The predicted molar refractivity (Wildman–Crippen MR) is 229 cm³/mol. The summed E-state index contributed by atoms with van der Waals surface area (Å²) in [5, 5.41) is 12.4. The predicted octanol–water partition coefficient (Wildman–Crippen LogP) is 9.43. The summed E-state index contributed by atoms with van der Waals surface area (Å²) >= 11 is 0. The van der Waals surface area contributed by atoms with E-state index in [0.717, 1.165) is 5.56 Å². The first-order valence-corrected chi connectivity index (χ1v) is 25.2. The van der Waals surface area contributed by atoms with Crippen molar-refractivity contribution in [3.63, 3.8) is 0 Å². The van der Waals surface area contributed by atoms with E-state index in [1.807, 2.05) is 83.1 Å². The maximum atomic E-state index is 15.3. The Morgan fingerprint density at radius 2 is 1.44 bits per heavy atom. The van der Waals surface area contributed by atoms with Crippen LogP contribution in [0, 0.1) is 17.8 Å². The summed E-state index contributed by atoms with van der Waals surface area (Å²) in [6.45, 7) is 34.1. The number of benzene rings is 2. The van der Waals surface area contributed by atoms with Crippen LogP contribution < -0.4 is 0 Å². The third-order valence-corrected chi connectivity index (χ3v) is 19.9. The van der Waals surface area contributed by atoms with Crippen molar-refractivity contribution in [2.24, 2.45) is 17.8 Å². The summed E-state index contributed by atoms with van der Waals surface area (Å²) in [4.78, 5) is 0.618. The molecule has 0 spiro atoms. The van der Waals surface area contributed by atoms with Gasteiger partial charge in [-0.05, 0) is 90.7 Å². The Bertz CT molecular complexity index is 1660. The van der Waals surface area contributed by atoms with E-state index in [9.17, 15) is 5.11 Å². The van der Waals surface area contributed by atoms with E-state index >= 15 is 4.21 Å². The Morgan fingerprint density at radius 1 is 0.860 bits per heavy atom. The molecular formula is C46H74O9SSi. The van der Waals surface area contributed by atoms with Gasteiger partial charge in [-0.1, -0.05) is 97.0 Å². The van der Waals surface area contributed by atoms with Crippen molar-refractivity contribution in [1.29, 1.82) is 0 Å². The fourth-order valence-corrected chi connectivity index (χ4v) is 13.0. The standard InChI is InChI=1S/C46H74O9SSi/c1-17-35(54-57(15,16)41(5,6)7)45(13)40-46(14,55-43(10,11)53-40)38(52-45)32(4)39(56(48)34-26-22-19-23-27-34)44(12,47)37-31(3)36(50-42(8,9)51-37)30(2)28-49-29-33-24-20-18-21-25-33/h18-27,30-32,35-40,47H,17,28-29H2,1-16H3/t30-,31-,32?,35+,36+,37+,38+,39?,40+,44?,45-,46-,56?/m0/s1. The zero-order chi connectivity index (χ0) is 42.6. The van der Waals surface area contributed by atoms with Crippen LogP contribution in [-0.4, -0.2) is 88.4 Å². The van der Waals surface area contributed by atoms with Crippen molar-refractivity contribution in [1.82, 2.24) is 0 Å². The van der Waals surface area contributed by atoms with Gasteiger partial charge in [-0.3, -0.25) is 4.21 Å². The molecule has 0 bridgehead atoms. The number of ether oxygens (including phenoxy) is 6. The highest BCUT2D eigenvalue weighted by atomic mass is 32.2. The second-order valence-corrected chi connectivity index (χ2v) is 26.5. The molecule has 3 aliphatic heterocycles. The average molecular weight is 831 g/mol. The third-order valence-electron chi connectivity index (χ3n) is 13.3. The molecule has 3 fully saturated rings. The summed E-state index contributed by atoms with van der Waals surface area (Å²) in [6, 6.07) is 19.5. The highest BCUT2D eigenvalue weighted by Crippen LogP contribution is 2.57. The number of hydrogen-bond acceptors (Lipinski definition) is 9. The molecule has 0 radical (unpaired) electrons. The molecule has 2 aromatic carbocycles. The smallest absolute Gasteiger partial charge is 0.192 e. The fourth-order valence-electron chi connectivity index (χ4n) is 9.70. The van der Waals surface area contributed by atoms with Gasteiger partial charge in [0.25, 0.3) is 0 Å². The molecule has 0 amide bonds. The molecule has 0 saturated carbocycles. The van der Waals surface area contributed by atoms with Gasteiger partial charge in [0, 0.05) is 22.6 Å². The topological polar surface area (TPSA) is 102 Å². The normalized spacial score (nSPS) is 33.8. The lowest BCUT2D eigenvalue weighted by atomic mass is 9.73. The quantitative estimate of drug-likeness (QED) is 0.176. The molecule has 1 N–H and O–H groups in total. The maximum absolute atomic E-state index is 15.3. The molecule has 3 heterocycles. The highest BCUT2D eigenvalue weighted by molar-refractivity contribution is 7.85. The van der Waals surface area contributed by atoms with Crippen molar-refractivity contribution in [2.75, 3.05) is 6.61 Å². The van der Waals surface area contributed by atoms with E-state index in [1.54, 1.807) is 6.92 Å². The van der Waals surface area contributed by atoms with Gasteiger partial charge in [0.05, 0.1) is 53.7 Å². The van der Waals surface area contributed by atoms with E-state index in [0.29, 0.717) is 24.5 Å². The van der Waals surface area contributed by atoms with Crippen LogP contribution >= 0.6 is 0 Å². The van der Waals surface area contributed by atoms with E-state index < -0.39 is 77.0 Å². The van der Waals surface area contributed by atoms with Crippen molar-refractivity contribution in [2.45, 2.75) is 197 Å². The lowest BCUT2D eigenvalue weighted by molar-refractivity contribution is -0.353. The monoisotopic (exact) mass is 830 g/mol. The van der Waals surface area contributed by atoms with E-state index in [-0.39, 0.29) is 29.1 Å². The zero-order valence-electron chi connectivity index (χ0n) is 37.7. The minimum Gasteiger partial charge on any atom is -0.411 e. The van der Waals surface area contributed by atoms with Crippen LogP contribution in [0.5, 0.6) is 0 Å². The van der Waals surface area contributed by atoms with Gasteiger partial charge in [0.2, 0.25) is 0 Å². The van der Waals surface area contributed by atoms with Gasteiger partial charge in [0.1, 0.15) is 22.9 Å². The fraction of sp³-hybridized carbons (Fsp3) is 0.739. The molecule has 57 heavy (non-hydrogen) atoms. The minimum atomic E-state index is -2.26. The van der Waals surface area contributed by atoms with Gasteiger partial charge in [-0.2, -0.15) is 0 Å². The molecule has 2 aromatic rings. The summed E-state index contributed by atoms with van der Waals surface area (Å²) < 4.78 is 63.1. The van der Waals surface area contributed by atoms with E-state index in [2.05, 4.69) is 80.6 Å². The molecule has 3 saturated heterocycles. The Balaban J connectivity index is 1.54. The SMILES string of the molecule is CC[C@@H](O[Si](C)(C)C(C)(C)C)[C@]1(C)O[C@H](C(C)C(S(=O)c2ccccc2)C(C)(O)[C@@H]2OC(C)(C)O[C@H]([C@@H](C)COCc3ccccc3)[C@@H]2C)[C@]2(C)OC(C)(C)O[C@@H]21. The molecule has 4 unspecified atom stereocenters. The Kier molecular flexibility index (Phi) is 13.7. The molecular weight excluding hydrogens is 757 g/mol. The van der Waals surface area contributed by atoms with Crippen LogP contribution in [-0.2, 0) is 50.3 Å². The molecule has 0 aromatic heterocycles. The van der Waals surface area contributed by atoms with Crippen LogP contribution in [0.2, 0.25) is 18.1 Å². The van der Waals surface area contributed by atoms with Crippen molar-refractivity contribution in [3.05, 3.63) is 66.2 Å². The van der Waals surface area contributed by atoms with Gasteiger partial charge < -0.3 is 38.0 Å². The summed E-state index contributed by atoms with van der Waals surface area (Å²) in [5.74, 6) is -2.80. The van der Waals surface area contributed by atoms with Crippen LogP contribution in [0.1, 0.15) is 109 Å². The maximum Gasteiger partial charge on any atom is 0.192 e. The van der Waals surface area contributed by atoms with E-state index in [1.165, 1.54) is 0 Å². The lowest BCUT2D eigenvalue weighted by Crippen LogP contribution is -2.66. The zero-order valence-corrected chi connectivity index (χ0v) is 39.5. The Hall–Kier alpha value is -1.51. The molecule has 3 aliphatic rings. The summed E-state index contributed by atoms with van der Waals surface area (Å²) in [7, 11) is -3.97. The number of rotatable bonds is 15. The second-order valence-electron chi connectivity index (χ2n) is 20.2. The first kappa shape index (κ1) is 46.6. The van der Waals surface area contributed by atoms with Crippen molar-refractivity contribution < 1.29 is 42.2 Å². The largest absolute Gasteiger partial charge is 0.411 e. The van der Waals surface area contributed by atoms with Gasteiger partial charge in [-0.25, -0.2) is 0 Å². The summed E-state index contributed by atoms with van der Waals surface area (Å²) in [5.41, 5.74) is -2.42. The second kappa shape index (κ2) is 16.7. The lowest BCUT2D eigenvalue weighted by Gasteiger charge is -2.53. The highest BCUT2D eigenvalue weighted by Gasteiger charge is 2.72. The number of hydrogen-bond donors (Lipinski definition) is 1. The van der Waals surface area contributed by atoms with Gasteiger partial charge in [0.15, 0.2) is 19.9 Å². The molecule has 11 heteroatoms. The first-order chi connectivity index (χ1) is 26.2. The molecule has 0 aliphatic carbocycles. The molecule has 9 nitrogen and oxygen atoms in total. The third kappa shape index (κ3) is 9.38.